The molecule has 0 bridgehead atoms. The van der Waals surface area contributed by atoms with Gasteiger partial charge in [-0.05, 0) is 30.7 Å². The van der Waals surface area contributed by atoms with Crippen molar-refractivity contribution < 1.29 is 13.3 Å². The normalized spacial score (nSPS) is 11.6. The number of non-ortho nitro benzene ring substituents is 1. The fourth-order valence-electron chi connectivity index (χ4n) is 2.29. The number of benzene rings is 2. The number of aryl methyl sites for hydroxylation is 1. The highest BCUT2D eigenvalue weighted by Crippen LogP contribution is 2.29. The lowest BCUT2D eigenvalue weighted by Crippen LogP contribution is -2.12. The Bertz CT molecular complexity index is 1060. The first-order valence-corrected chi connectivity index (χ1v) is 8.68. The number of sulfonamides is 1. The maximum Gasteiger partial charge on any atom is 0.270 e. The molecule has 24 heavy (non-hydrogen) atoms. The lowest BCUT2D eigenvalue weighted by Gasteiger charge is -2.08. The van der Waals surface area contributed by atoms with E-state index in [4.69, 9.17) is 11.6 Å². The number of nitrogens with one attached hydrogen (secondary N) is 2. The van der Waals surface area contributed by atoms with Gasteiger partial charge in [-0.15, -0.1) is 0 Å². The van der Waals surface area contributed by atoms with E-state index in [2.05, 4.69) is 9.71 Å². The number of nitro benzene ring substituents is 1. The van der Waals surface area contributed by atoms with Gasteiger partial charge < -0.3 is 4.98 Å². The molecule has 3 aromatic rings. The summed E-state index contributed by atoms with van der Waals surface area (Å²) in [4.78, 5) is 13.1. The Hall–Kier alpha value is -2.58. The third-order valence-electron chi connectivity index (χ3n) is 3.55. The molecule has 7 nitrogen and oxygen atoms in total. The van der Waals surface area contributed by atoms with Crippen molar-refractivity contribution in [2.75, 3.05) is 4.72 Å². The smallest absolute Gasteiger partial charge is 0.270 e. The number of nitro groups is 1. The van der Waals surface area contributed by atoms with E-state index < -0.39 is 14.9 Å². The Kier molecular flexibility index (Phi) is 3.94. The molecule has 0 aliphatic heterocycles. The molecule has 0 spiro atoms. The van der Waals surface area contributed by atoms with Gasteiger partial charge >= 0.3 is 0 Å². The molecule has 0 radical (unpaired) electrons. The van der Waals surface area contributed by atoms with Crippen molar-refractivity contribution in [2.24, 2.45) is 0 Å². The molecule has 1 heterocycles. The summed E-state index contributed by atoms with van der Waals surface area (Å²) in [6, 6.07) is 8.79. The summed E-state index contributed by atoms with van der Waals surface area (Å²) >= 11 is 6.00. The minimum atomic E-state index is -3.93. The Morgan fingerprint density at radius 2 is 1.96 bits per heavy atom. The zero-order valence-electron chi connectivity index (χ0n) is 12.4. The number of hydrogen-bond donors (Lipinski definition) is 2. The summed E-state index contributed by atoms with van der Waals surface area (Å²) in [5.74, 6) is 0. The van der Waals surface area contributed by atoms with Gasteiger partial charge in [0.1, 0.15) is 4.90 Å². The van der Waals surface area contributed by atoms with E-state index in [-0.39, 0.29) is 16.0 Å². The Morgan fingerprint density at radius 3 is 2.62 bits per heavy atom. The average Bonchev–Trinajstić information content (AvgIpc) is 2.94. The summed E-state index contributed by atoms with van der Waals surface area (Å²) in [5.41, 5.74) is 1.44. The lowest BCUT2D eigenvalue weighted by atomic mass is 10.2. The van der Waals surface area contributed by atoms with Gasteiger partial charge in [-0.3, -0.25) is 14.8 Å². The molecule has 0 fully saturated rings. The standard InChI is InChI=1S/C15H12ClN3O4S/c1-9-2-3-10(6-13(9)16)18-24(22,23)15-8-17-14-5-4-11(19(20)21)7-12(14)15/h2-8,17-18H,1H3. The summed E-state index contributed by atoms with van der Waals surface area (Å²) < 4.78 is 27.6. The lowest BCUT2D eigenvalue weighted by molar-refractivity contribution is -0.384. The van der Waals surface area contributed by atoms with Crippen molar-refractivity contribution in [3.63, 3.8) is 0 Å². The number of anilines is 1. The molecule has 0 unspecified atom stereocenters. The summed E-state index contributed by atoms with van der Waals surface area (Å²) in [6.07, 6.45) is 1.30. The van der Waals surface area contributed by atoms with Gasteiger partial charge in [0, 0.05) is 34.3 Å². The van der Waals surface area contributed by atoms with Crippen LogP contribution in [-0.4, -0.2) is 18.3 Å². The van der Waals surface area contributed by atoms with Crippen molar-refractivity contribution in [3.05, 3.63) is 63.3 Å². The predicted molar refractivity (Wildman–Crippen MR) is 92.0 cm³/mol. The average molecular weight is 366 g/mol. The molecule has 0 aliphatic rings. The van der Waals surface area contributed by atoms with Crippen LogP contribution in [0.2, 0.25) is 5.02 Å². The van der Waals surface area contributed by atoms with Gasteiger partial charge in [-0.2, -0.15) is 0 Å². The van der Waals surface area contributed by atoms with Crippen LogP contribution in [0.4, 0.5) is 11.4 Å². The molecule has 1 aromatic heterocycles. The van der Waals surface area contributed by atoms with Gasteiger partial charge in [0.25, 0.3) is 15.7 Å². The third kappa shape index (κ3) is 2.93. The van der Waals surface area contributed by atoms with Crippen molar-refractivity contribution in [2.45, 2.75) is 11.8 Å². The fourth-order valence-corrected chi connectivity index (χ4v) is 3.69. The highest BCUT2D eigenvalue weighted by molar-refractivity contribution is 7.93. The van der Waals surface area contributed by atoms with Crippen LogP contribution in [0.1, 0.15) is 5.56 Å². The van der Waals surface area contributed by atoms with E-state index in [1.165, 1.54) is 30.5 Å². The van der Waals surface area contributed by atoms with Gasteiger partial charge in [-0.1, -0.05) is 17.7 Å². The molecule has 0 saturated carbocycles. The van der Waals surface area contributed by atoms with Crippen LogP contribution in [0.25, 0.3) is 10.9 Å². The number of nitrogens with zero attached hydrogens (tertiary/aromatic N) is 1. The van der Waals surface area contributed by atoms with Crippen molar-refractivity contribution in [3.8, 4) is 0 Å². The van der Waals surface area contributed by atoms with Crippen LogP contribution in [0.5, 0.6) is 0 Å². The van der Waals surface area contributed by atoms with Crippen molar-refractivity contribution >= 4 is 43.9 Å². The van der Waals surface area contributed by atoms with E-state index in [0.717, 1.165) is 5.56 Å². The molecule has 3 rings (SSSR count). The Balaban J connectivity index is 2.06. The van der Waals surface area contributed by atoms with Crippen LogP contribution in [0.3, 0.4) is 0 Å². The Morgan fingerprint density at radius 1 is 1.21 bits per heavy atom. The van der Waals surface area contributed by atoms with Crippen LogP contribution in [0, 0.1) is 17.0 Å². The highest BCUT2D eigenvalue weighted by Gasteiger charge is 2.21. The second-order valence-corrected chi connectivity index (χ2v) is 7.27. The third-order valence-corrected chi connectivity index (χ3v) is 5.38. The molecule has 0 amide bonds. The molecule has 0 atom stereocenters. The quantitative estimate of drug-likeness (QED) is 0.541. The number of aromatic nitrogens is 1. The van der Waals surface area contributed by atoms with Crippen LogP contribution in [0.15, 0.2) is 47.5 Å². The van der Waals surface area contributed by atoms with Gasteiger partial charge in [0.2, 0.25) is 0 Å². The number of rotatable bonds is 4. The van der Waals surface area contributed by atoms with Crippen molar-refractivity contribution in [1.29, 1.82) is 0 Å². The number of aromatic amines is 1. The number of halogens is 1. The number of fused-ring (bicyclic) bond motifs is 1. The van der Waals surface area contributed by atoms with Gasteiger partial charge in [-0.25, -0.2) is 8.42 Å². The Labute approximate surface area is 142 Å². The molecule has 124 valence electrons. The van der Waals surface area contributed by atoms with E-state index in [1.54, 1.807) is 19.1 Å². The van der Waals surface area contributed by atoms with E-state index in [0.29, 0.717) is 16.2 Å². The summed E-state index contributed by atoms with van der Waals surface area (Å²) in [5, 5.41) is 11.6. The van der Waals surface area contributed by atoms with E-state index >= 15 is 0 Å². The second kappa shape index (κ2) is 5.81. The first-order chi connectivity index (χ1) is 11.3. The number of hydrogen-bond acceptors (Lipinski definition) is 4. The molecule has 0 saturated heterocycles. The van der Waals surface area contributed by atoms with Crippen molar-refractivity contribution in [1.82, 2.24) is 4.98 Å². The SMILES string of the molecule is Cc1ccc(NS(=O)(=O)c2c[nH]c3ccc([N+](=O)[O-])cc23)cc1Cl. The fraction of sp³-hybridized carbons (Fsp3) is 0.0667. The molecule has 9 heteroatoms. The first kappa shape index (κ1) is 16.3. The van der Waals surface area contributed by atoms with Gasteiger partial charge in [0.05, 0.1) is 10.6 Å². The topological polar surface area (TPSA) is 105 Å². The number of H-pyrrole nitrogens is 1. The van der Waals surface area contributed by atoms with E-state index in [9.17, 15) is 18.5 Å². The zero-order chi connectivity index (χ0) is 17.5. The molecule has 0 aliphatic carbocycles. The van der Waals surface area contributed by atoms with Crippen LogP contribution in [-0.2, 0) is 10.0 Å². The molecular weight excluding hydrogens is 354 g/mol. The summed E-state index contributed by atoms with van der Waals surface area (Å²) in [7, 11) is -3.93. The predicted octanol–water partition coefficient (Wildman–Crippen LogP) is 3.84. The largest absolute Gasteiger partial charge is 0.360 e. The molecule has 2 N–H and O–H groups in total. The van der Waals surface area contributed by atoms with Gasteiger partial charge in [0.15, 0.2) is 0 Å². The monoisotopic (exact) mass is 365 g/mol. The second-order valence-electron chi connectivity index (χ2n) is 5.21. The molecule has 2 aromatic carbocycles. The summed E-state index contributed by atoms with van der Waals surface area (Å²) in [6.45, 7) is 1.80. The highest BCUT2D eigenvalue weighted by atomic mass is 35.5. The van der Waals surface area contributed by atoms with E-state index in [1.807, 2.05) is 0 Å². The minimum absolute atomic E-state index is 0.0714. The maximum atomic E-state index is 12.6. The minimum Gasteiger partial charge on any atom is -0.360 e. The zero-order valence-corrected chi connectivity index (χ0v) is 14.0. The van der Waals surface area contributed by atoms with Crippen LogP contribution < -0.4 is 4.72 Å². The maximum absolute atomic E-state index is 12.6. The van der Waals surface area contributed by atoms with Crippen LogP contribution >= 0.6 is 11.6 Å². The molecular formula is C15H12ClN3O4S. The first-order valence-electron chi connectivity index (χ1n) is 6.82.